The minimum atomic E-state index is -4.38. The Kier molecular flexibility index (Phi) is 4.82. The molecule has 0 saturated carbocycles. The number of rotatable bonds is 6. The normalized spacial score (nSPS) is 12.0. The zero-order valence-corrected chi connectivity index (χ0v) is 11.9. The fraction of sp³-hybridized carbons (Fsp3) is 0.462. The minimum absolute atomic E-state index is 0.370. The van der Waals surface area contributed by atoms with Crippen LogP contribution in [-0.4, -0.2) is 16.3 Å². The fourth-order valence-electron chi connectivity index (χ4n) is 1.75. The van der Waals surface area contributed by atoms with Crippen LogP contribution < -0.4 is 5.32 Å². The first-order chi connectivity index (χ1) is 9.49. The molecule has 0 unspecified atom stereocenters. The maximum atomic E-state index is 12.4. The third kappa shape index (κ3) is 4.08. The van der Waals surface area contributed by atoms with E-state index in [1.807, 2.05) is 12.1 Å². The maximum absolute atomic E-state index is 12.4. The van der Waals surface area contributed by atoms with Gasteiger partial charge in [-0.25, -0.2) is 0 Å². The highest BCUT2D eigenvalue weighted by atomic mass is 32.1. The van der Waals surface area contributed by atoms with E-state index in [4.69, 9.17) is 0 Å². The molecular formula is C13H16F3N3S. The average molecular weight is 303 g/mol. The van der Waals surface area contributed by atoms with Crippen LogP contribution in [0.2, 0.25) is 0 Å². The highest BCUT2D eigenvalue weighted by molar-refractivity contribution is 7.11. The molecule has 0 aliphatic carbocycles. The first-order valence-electron chi connectivity index (χ1n) is 6.38. The Morgan fingerprint density at radius 1 is 1.25 bits per heavy atom. The standard InChI is InChI=1S/C13H16F3N3S/c1-2-6-17-8-10-3-4-11(20-10)9-19-7-5-12(18-19)13(14,15)16/h3-5,7,17H,2,6,8-9H2,1H3. The van der Waals surface area contributed by atoms with Gasteiger partial charge in [0.2, 0.25) is 0 Å². The summed E-state index contributed by atoms with van der Waals surface area (Å²) in [7, 11) is 0. The summed E-state index contributed by atoms with van der Waals surface area (Å²) in [4.78, 5) is 2.17. The lowest BCUT2D eigenvalue weighted by Gasteiger charge is -2.02. The molecule has 7 heteroatoms. The molecule has 0 aliphatic heterocycles. The summed E-state index contributed by atoms with van der Waals surface area (Å²) in [5, 5.41) is 6.84. The van der Waals surface area contributed by atoms with Crippen LogP contribution in [0.15, 0.2) is 24.4 Å². The third-order valence-electron chi connectivity index (χ3n) is 2.69. The van der Waals surface area contributed by atoms with E-state index in [-0.39, 0.29) is 0 Å². The van der Waals surface area contributed by atoms with E-state index < -0.39 is 11.9 Å². The second-order valence-corrected chi connectivity index (χ2v) is 5.69. The van der Waals surface area contributed by atoms with Gasteiger partial charge in [0.25, 0.3) is 0 Å². The van der Waals surface area contributed by atoms with Gasteiger partial charge in [0.15, 0.2) is 5.69 Å². The van der Waals surface area contributed by atoms with Crippen LogP contribution in [0.25, 0.3) is 0 Å². The monoisotopic (exact) mass is 303 g/mol. The van der Waals surface area contributed by atoms with Crippen molar-refractivity contribution in [3.05, 3.63) is 39.8 Å². The van der Waals surface area contributed by atoms with Gasteiger partial charge in [0.1, 0.15) is 0 Å². The Morgan fingerprint density at radius 3 is 2.65 bits per heavy atom. The average Bonchev–Trinajstić information content (AvgIpc) is 2.99. The minimum Gasteiger partial charge on any atom is -0.312 e. The molecule has 2 heterocycles. The number of halogens is 3. The van der Waals surface area contributed by atoms with Crippen LogP contribution in [0.1, 0.15) is 28.8 Å². The van der Waals surface area contributed by atoms with Crippen molar-refractivity contribution < 1.29 is 13.2 Å². The molecule has 20 heavy (non-hydrogen) atoms. The molecule has 0 fully saturated rings. The SMILES string of the molecule is CCCNCc1ccc(Cn2ccc(C(F)(F)F)n2)s1. The Balaban J connectivity index is 1.95. The van der Waals surface area contributed by atoms with E-state index in [0.29, 0.717) is 6.54 Å². The highest BCUT2D eigenvalue weighted by Gasteiger charge is 2.33. The van der Waals surface area contributed by atoms with Crippen LogP contribution in [0.4, 0.5) is 13.2 Å². The molecule has 0 spiro atoms. The number of alkyl halides is 3. The van der Waals surface area contributed by atoms with Crippen molar-refractivity contribution in [2.45, 2.75) is 32.6 Å². The molecule has 110 valence electrons. The molecule has 0 saturated heterocycles. The number of hydrogen-bond acceptors (Lipinski definition) is 3. The zero-order chi connectivity index (χ0) is 14.6. The van der Waals surface area contributed by atoms with Crippen molar-refractivity contribution in [2.24, 2.45) is 0 Å². The number of nitrogens with one attached hydrogen (secondary N) is 1. The molecule has 0 amide bonds. The Morgan fingerprint density at radius 2 is 2.00 bits per heavy atom. The molecule has 0 radical (unpaired) electrons. The van der Waals surface area contributed by atoms with Crippen LogP contribution in [-0.2, 0) is 19.3 Å². The summed E-state index contributed by atoms with van der Waals surface area (Å²) in [6.07, 6.45) is -1.95. The maximum Gasteiger partial charge on any atom is 0.435 e. The second-order valence-electron chi connectivity index (χ2n) is 4.44. The molecule has 3 nitrogen and oxygen atoms in total. The molecule has 2 aromatic heterocycles. The summed E-state index contributed by atoms with van der Waals surface area (Å²) < 4.78 is 38.6. The van der Waals surface area contributed by atoms with E-state index in [2.05, 4.69) is 17.3 Å². The lowest BCUT2D eigenvalue weighted by atomic mass is 10.4. The number of thiophene rings is 1. The molecule has 0 atom stereocenters. The summed E-state index contributed by atoms with van der Waals surface area (Å²) in [6.45, 7) is 4.23. The third-order valence-corrected chi connectivity index (χ3v) is 3.76. The van der Waals surface area contributed by atoms with Gasteiger partial charge in [-0.1, -0.05) is 6.92 Å². The first-order valence-corrected chi connectivity index (χ1v) is 7.19. The van der Waals surface area contributed by atoms with Gasteiger partial charge in [-0.3, -0.25) is 4.68 Å². The smallest absolute Gasteiger partial charge is 0.312 e. The van der Waals surface area contributed by atoms with Crippen molar-refractivity contribution in [1.82, 2.24) is 15.1 Å². The van der Waals surface area contributed by atoms with E-state index in [9.17, 15) is 13.2 Å². The van der Waals surface area contributed by atoms with Crippen molar-refractivity contribution in [3.8, 4) is 0 Å². The van der Waals surface area contributed by atoms with Gasteiger partial charge in [-0.05, 0) is 31.2 Å². The van der Waals surface area contributed by atoms with Crippen LogP contribution in [0.3, 0.4) is 0 Å². The van der Waals surface area contributed by atoms with Gasteiger partial charge in [-0.15, -0.1) is 11.3 Å². The molecule has 2 aromatic rings. The predicted octanol–water partition coefficient (Wildman–Crippen LogP) is 3.51. The highest BCUT2D eigenvalue weighted by Crippen LogP contribution is 2.27. The summed E-state index contributed by atoms with van der Waals surface area (Å²) in [6, 6.07) is 4.93. The number of aromatic nitrogens is 2. The Hall–Kier alpha value is -1.34. The Labute approximate surface area is 119 Å². The molecule has 0 bridgehead atoms. The molecular weight excluding hydrogens is 287 g/mol. The molecule has 1 N–H and O–H groups in total. The van der Waals surface area contributed by atoms with E-state index in [1.54, 1.807) is 11.3 Å². The van der Waals surface area contributed by atoms with Gasteiger partial charge < -0.3 is 5.32 Å². The fourth-order valence-corrected chi connectivity index (χ4v) is 2.73. The Bertz CT molecular complexity index is 545. The predicted molar refractivity (Wildman–Crippen MR) is 72.6 cm³/mol. The molecule has 0 aromatic carbocycles. The quantitative estimate of drug-likeness (QED) is 0.828. The lowest BCUT2D eigenvalue weighted by Crippen LogP contribution is -2.12. The van der Waals surface area contributed by atoms with Crippen LogP contribution in [0.5, 0.6) is 0 Å². The topological polar surface area (TPSA) is 29.9 Å². The largest absolute Gasteiger partial charge is 0.435 e. The number of nitrogens with zero attached hydrogens (tertiary/aromatic N) is 2. The van der Waals surface area contributed by atoms with Crippen molar-refractivity contribution in [2.75, 3.05) is 6.54 Å². The van der Waals surface area contributed by atoms with Gasteiger partial charge in [-0.2, -0.15) is 18.3 Å². The summed E-state index contributed by atoms with van der Waals surface area (Å²) in [5.74, 6) is 0. The van der Waals surface area contributed by atoms with Gasteiger partial charge in [0.05, 0.1) is 6.54 Å². The van der Waals surface area contributed by atoms with Crippen molar-refractivity contribution in [3.63, 3.8) is 0 Å². The van der Waals surface area contributed by atoms with Crippen LogP contribution >= 0.6 is 11.3 Å². The second kappa shape index (κ2) is 6.41. The molecule has 0 aliphatic rings. The van der Waals surface area contributed by atoms with Crippen molar-refractivity contribution in [1.29, 1.82) is 0 Å². The van der Waals surface area contributed by atoms with E-state index in [0.717, 1.165) is 30.5 Å². The summed E-state index contributed by atoms with van der Waals surface area (Å²) in [5.41, 5.74) is -0.848. The summed E-state index contributed by atoms with van der Waals surface area (Å²) >= 11 is 1.59. The van der Waals surface area contributed by atoms with Crippen LogP contribution in [0, 0.1) is 0 Å². The van der Waals surface area contributed by atoms with Gasteiger partial charge in [0, 0.05) is 22.5 Å². The lowest BCUT2D eigenvalue weighted by molar-refractivity contribution is -0.141. The van der Waals surface area contributed by atoms with E-state index in [1.165, 1.54) is 15.8 Å². The van der Waals surface area contributed by atoms with Gasteiger partial charge >= 0.3 is 6.18 Å². The van der Waals surface area contributed by atoms with E-state index >= 15 is 0 Å². The zero-order valence-electron chi connectivity index (χ0n) is 11.1. The first kappa shape index (κ1) is 15.1. The molecule has 2 rings (SSSR count). The number of hydrogen-bond donors (Lipinski definition) is 1. The van der Waals surface area contributed by atoms with Crippen molar-refractivity contribution >= 4 is 11.3 Å².